The van der Waals surface area contributed by atoms with E-state index in [1.807, 2.05) is 12.3 Å². The fourth-order valence-corrected chi connectivity index (χ4v) is 1.59. The first-order chi connectivity index (χ1) is 7.85. The van der Waals surface area contributed by atoms with Crippen molar-refractivity contribution >= 4 is 6.21 Å². The first-order valence-corrected chi connectivity index (χ1v) is 6.62. The van der Waals surface area contributed by atoms with Crippen LogP contribution in [0.15, 0.2) is 29.8 Å². The number of rotatable bonds is 10. The Hall–Kier alpha value is -0.850. The van der Waals surface area contributed by atoms with E-state index in [1.165, 1.54) is 25.7 Å². The molecule has 1 heteroatoms. The van der Waals surface area contributed by atoms with Crippen LogP contribution < -0.4 is 0 Å². The summed E-state index contributed by atoms with van der Waals surface area (Å²) in [5.41, 5.74) is 0. The molecule has 0 rings (SSSR count). The Morgan fingerprint density at radius 1 is 1.19 bits per heavy atom. The Balaban J connectivity index is 3.72. The van der Waals surface area contributed by atoms with Gasteiger partial charge in [-0.15, -0.1) is 6.58 Å². The standard InChI is InChI=1S/C15H27N/c1-4-7-8-9-10-11-13-15(12-5-2)16-14-6-3/h4,10-11,14-15H,1,5-9,12-13H2,2-3H3. The SMILES string of the molecule is C=CCCCC=CCC(CCC)N=CCC. The molecule has 0 aliphatic heterocycles. The Morgan fingerprint density at radius 2 is 2.00 bits per heavy atom. The lowest BCUT2D eigenvalue weighted by Gasteiger charge is -2.07. The van der Waals surface area contributed by atoms with Crippen LogP contribution >= 0.6 is 0 Å². The van der Waals surface area contributed by atoms with Crippen LogP contribution in [-0.2, 0) is 0 Å². The summed E-state index contributed by atoms with van der Waals surface area (Å²) in [5.74, 6) is 0. The Bertz CT molecular complexity index is 203. The summed E-state index contributed by atoms with van der Waals surface area (Å²) < 4.78 is 0. The summed E-state index contributed by atoms with van der Waals surface area (Å²) in [6.07, 6.45) is 16.7. The largest absolute Gasteiger partial charge is 0.294 e. The van der Waals surface area contributed by atoms with E-state index >= 15 is 0 Å². The zero-order chi connectivity index (χ0) is 12.1. The van der Waals surface area contributed by atoms with Gasteiger partial charge in [-0.2, -0.15) is 0 Å². The number of hydrogen-bond acceptors (Lipinski definition) is 1. The molecule has 92 valence electrons. The Morgan fingerprint density at radius 3 is 2.62 bits per heavy atom. The van der Waals surface area contributed by atoms with E-state index in [4.69, 9.17) is 0 Å². The van der Waals surface area contributed by atoms with Crippen molar-refractivity contribution in [3.05, 3.63) is 24.8 Å². The van der Waals surface area contributed by atoms with E-state index in [-0.39, 0.29) is 0 Å². The van der Waals surface area contributed by atoms with E-state index in [9.17, 15) is 0 Å². The number of allylic oxidation sites excluding steroid dienone is 2. The average Bonchev–Trinajstić information content (AvgIpc) is 2.30. The molecular weight excluding hydrogens is 194 g/mol. The topological polar surface area (TPSA) is 12.4 Å². The maximum atomic E-state index is 4.57. The highest BCUT2D eigenvalue weighted by Crippen LogP contribution is 2.08. The fourth-order valence-electron chi connectivity index (χ4n) is 1.59. The van der Waals surface area contributed by atoms with Crippen molar-refractivity contribution in [1.29, 1.82) is 0 Å². The molecule has 0 aliphatic carbocycles. The second kappa shape index (κ2) is 12.2. The molecule has 1 nitrogen and oxygen atoms in total. The lowest BCUT2D eigenvalue weighted by molar-refractivity contribution is 0.613. The lowest BCUT2D eigenvalue weighted by atomic mass is 10.1. The normalized spacial score (nSPS) is 13.6. The minimum absolute atomic E-state index is 0.501. The third kappa shape index (κ3) is 9.70. The predicted molar refractivity (Wildman–Crippen MR) is 75.3 cm³/mol. The molecule has 0 N–H and O–H groups in total. The van der Waals surface area contributed by atoms with Gasteiger partial charge < -0.3 is 0 Å². The first kappa shape index (κ1) is 15.2. The minimum Gasteiger partial charge on any atom is -0.294 e. The van der Waals surface area contributed by atoms with Gasteiger partial charge in [-0.1, -0.05) is 38.5 Å². The molecule has 1 unspecified atom stereocenters. The van der Waals surface area contributed by atoms with Crippen LogP contribution in [0, 0.1) is 0 Å². The molecule has 0 fully saturated rings. The molecule has 0 saturated heterocycles. The molecule has 0 aromatic carbocycles. The van der Waals surface area contributed by atoms with Crippen LogP contribution in [0.4, 0.5) is 0 Å². The van der Waals surface area contributed by atoms with Crippen molar-refractivity contribution in [2.75, 3.05) is 0 Å². The molecule has 0 aromatic rings. The van der Waals surface area contributed by atoms with Crippen LogP contribution in [-0.4, -0.2) is 12.3 Å². The summed E-state index contributed by atoms with van der Waals surface area (Å²) in [5, 5.41) is 0. The van der Waals surface area contributed by atoms with Gasteiger partial charge in [-0.25, -0.2) is 0 Å². The molecule has 0 saturated carbocycles. The molecule has 1 atom stereocenters. The summed E-state index contributed by atoms with van der Waals surface area (Å²) in [6, 6.07) is 0.501. The highest BCUT2D eigenvalue weighted by Gasteiger charge is 2.00. The molecule has 0 aliphatic rings. The van der Waals surface area contributed by atoms with E-state index in [0.29, 0.717) is 6.04 Å². The molecular formula is C15H27N. The number of nitrogens with zero attached hydrogens (tertiary/aromatic N) is 1. The van der Waals surface area contributed by atoms with Crippen molar-refractivity contribution in [2.45, 2.75) is 64.8 Å². The second-order valence-corrected chi connectivity index (χ2v) is 4.11. The van der Waals surface area contributed by atoms with Crippen LogP contribution in [0.3, 0.4) is 0 Å². The lowest BCUT2D eigenvalue weighted by Crippen LogP contribution is -2.02. The maximum Gasteiger partial charge on any atom is 0.0530 e. The Kier molecular flexibility index (Phi) is 11.6. The quantitative estimate of drug-likeness (QED) is 0.281. The van der Waals surface area contributed by atoms with Crippen molar-refractivity contribution in [2.24, 2.45) is 4.99 Å². The third-order valence-electron chi connectivity index (χ3n) is 2.47. The zero-order valence-electron chi connectivity index (χ0n) is 11.0. The highest BCUT2D eigenvalue weighted by atomic mass is 14.8. The predicted octanol–water partition coefficient (Wildman–Crippen LogP) is 4.94. The van der Waals surface area contributed by atoms with Crippen LogP contribution in [0.25, 0.3) is 0 Å². The number of unbranched alkanes of at least 4 members (excludes halogenated alkanes) is 2. The average molecular weight is 221 g/mol. The van der Waals surface area contributed by atoms with Gasteiger partial charge in [0, 0.05) is 0 Å². The minimum atomic E-state index is 0.501. The zero-order valence-corrected chi connectivity index (χ0v) is 11.0. The molecule has 0 amide bonds. The van der Waals surface area contributed by atoms with Gasteiger partial charge in [-0.05, 0) is 44.7 Å². The van der Waals surface area contributed by atoms with Crippen molar-refractivity contribution in [1.82, 2.24) is 0 Å². The van der Waals surface area contributed by atoms with E-state index in [1.54, 1.807) is 0 Å². The van der Waals surface area contributed by atoms with Gasteiger partial charge in [0.05, 0.1) is 6.04 Å². The smallest absolute Gasteiger partial charge is 0.0530 e. The second-order valence-electron chi connectivity index (χ2n) is 4.11. The summed E-state index contributed by atoms with van der Waals surface area (Å²) >= 11 is 0. The van der Waals surface area contributed by atoms with E-state index in [2.05, 4.69) is 37.6 Å². The van der Waals surface area contributed by atoms with Crippen molar-refractivity contribution < 1.29 is 0 Å². The van der Waals surface area contributed by atoms with Gasteiger partial charge in [-0.3, -0.25) is 4.99 Å². The molecule has 0 spiro atoms. The number of hydrogen-bond donors (Lipinski definition) is 0. The molecule has 0 radical (unpaired) electrons. The molecule has 0 heterocycles. The Labute approximate surface area is 101 Å². The van der Waals surface area contributed by atoms with Crippen LogP contribution in [0.2, 0.25) is 0 Å². The van der Waals surface area contributed by atoms with Gasteiger partial charge >= 0.3 is 0 Å². The molecule has 16 heavy (non-hydrogen) atoms. The van der Waals surface area contributed by atoms with E-state index in [0.717, 1.165) is 19.3 Å². The monoisotopic (exact) mass is 221 g/mol. The third-order valence-corrected chi connectivity index (χ3v) is 2.47. The van der Waals surface area contributed by atoms with Gasteiger partial charge in [0.2, 0.25) is 0 Å². The van der Waals surface area contributed by atoms with E-state index < -0.39 is 0 Å². The van der Waals surface area contributed by atoms with Crippen molar-refractivity contribution in [3.63, 3.8) is 0 Å². The van der Waals surface area contributed by atoms with Gasteiger partial charge in [0.25, 0.3) is 0 Å². The van der Waals surface area contributed by atoms with Crippen LogP contribution in [0.5, 0.6) is 0 Å². The first-order valence-electron chi connectivity index (χ1n) is 6.62. The fraction of sp³-hybridized carbons (Fsp3) is 0.667. The number of aliphatic imine (C=N–C) groups is 1. The summed E-state index contributed by atoms with van der Waals surface area (Å²) in [4.78, 5) is 4.57. The maximum absolute atomic E-state index is 4.57. The van der Waals surface area contributed by atoms with Gasteiger partial charge in [0.1, 0.15) is 0 Å². The van der Waals surface area contributed by atoms with Crippen molar-refractivity contribution in [3.8, 4) is 0 Å². The highest BCUT2D eigenvalue weighted by molar-refractivity contribution is 5.56. The summed E-state index contributed by atoms with van der Waals surface area (Å²) in [6.45, 7) is 8.08. The summed E-state index contributed by atoms with van der Waals surface area (Å²) in [7, 11) is 0. The molecule has 0 aromatic heterocycles. The van der Waals surface area contributed by atoms with Crippen LogP contribution in [0.1, 0.15) is 58.8 Å². The molecule has 0 bridgehead atoms. The van der Waals surface area contributed by atoms with Gasteiger partial charge in [0.15, 0.2) is 0 Å².